The predicted octanol–water partition coefficient (Wildman–Crippen LogP) is 4.67. The number of halogens is 1. The number of aromatic nitrogens is 2. The van der Waals surface area contributed by atoms with Gasteiger partial charge >= 0.3 is 0 Å². The second kappa shape index (κ2) is 9.36. The molecule has 0 N–H and O–H groups in total. The first-order valence-corrected chi connectivity index (χ1v) is 13.7. The molecule has 0 amide bonds. The number of anilines is 1. The van der Waals surface area contributed by atoms with Crippen molar-refractivity contribution in [2.75, 3.05) is 50.9 Å². The molecule has 3 aliphatic heterocycles. The van der Waals surface area contributed by atoms with Crippen LogP contribution in [0, 0.1) is 5.41 Å². The number of likely N-dealkylation sites (tertiary alicyclic amines) is 1. The van der Waals surface area contributed by atoms with Gasteiger partial charge in [-0.3, -0.25) is 0 Å². The molecule has 6 nitrogen and oxygen atoms in total. The Kier molecular flexibility index (Phi) is 6.24. The molecule has 4 aliphatic rings. The fraction of sp³-hybridized carbons (Fsp3) is 0.692. The standard InChI is InChI=1S/C26H35FN4O2S/c27-26(9-13-32-14-10-26)18-33-23-4-2-1-3-22(23)20-6-11-30(12-7-20)21-5-8-25(15-21)16-31(17-25)24-29-28-19-34-24/h1-4,19-21H,5-18H2/t21-/m1/s1. The van der Waals surface area contributed by atoms with Crippen molar-refractivity contribution in [3.63, 3.8) is 0 Å². The van der Waals surface area contributed by atoms with Gasteiger partial charge in [0, 0.05) is 50.6 Å². The summed E-state index contributed by atoms with van der Waals surface area (Å²) >= 11 is 1.64. The SMILES string of the molecule is FC1(COc2ccccc2C2CCN([C@@H]3CCC4(C3)CN(c3nncs3)C4)CC2)CCOCC1. The second-order valence-corrected chi connectivity index (χ2v) is 11.7. The molecule has 0 radical (unpaired) electrons. The molecule has 4 heterocycles. The number of hydrogen-bond acceptors (Lipinski definition) is 7. The summed E-state index contributed by atoms with van der Waals surface area (Å²) in [6.07, 6.45) is 7.11. The van der Waals surface area contributed by atoms with Gasteiger partial charge in [0.2, 0.25) is 5.13 Å². The monoisotopic (exact) mass is 486 g/mol. The zero-order valence-electron chi connectivity index (χ0n) is 19.8. The van der Waals surface area contributed by atoms with Crippen molar-refractivity contribution in [3.05, 3.63) is 35.3 Å². The largest absolute Gasteiger partial charge is 0.490 e. The van der Waals surface area contributed by atoms with E-state index in [0.717, 1.165) is 49.9 Å². The van der Waals surface area contributed by atoms with Crippen LogP contribution >= 0.6 is 11.3 Å². The molecule has 0 bridgehead atoms. The van der Waals surface area contributed by atoms with Crippen LogP contribution in [0.25, 0.3) is 0 Å². The lowest BCUT2D eigenvalue weighted by Gasteiger charge is -2.48. The van der Waals surface area contributed by atoms with Crippen LogP contribution < -0.4 is 9.64 Å². The smallest absolute Gasteiger partial charge is 0.208 e. The van der Waals surface area contributed by atoms with E-state index in [2.05, 4.69) is 32.1 Å². The Labute approximate surface area is 205 Å². The maximum Gasteiger partial charge on any atom is 0.208 e. The summed E-state index contributed by atoms with van der Waals surface area (Å²) in [7, 11) is 0. The zero-order chi connectivity index (χ0) is 23.0. The van der Waals surface area contributed by atoms with Crippen LogP contribution in [0.5, 0.6) is 5.75 Å². The number of para-hydroxylation sites is 1. The molecule has 184 valence electrons. The maximum atomic E-state index is 15.0. The third kappa shape index (κ3) is 4.56. The number of nitrogens with zero attached hydrogens (tertiary/aromatic N) is 4. The summed E-state index contributed by atoms with van der Waals surface area (Å²) in [5.74, 6) is 1.36. The van der Waals surface area contributed by atoms with Gasteiger partial charge in [-0.1, -0.05) is 29.5 Å². The van der Waals surface area contributed by atoms with E-state index >= 15 is 4.39 Å². The third-order valence-corrected chi connectivity index (χ3v) is 9.38. The summed E-state index contributed by atoms with van der Waals surface area (Å²) in [5, 5.41) is 9.30. The van der Waals surface area contributed by atoms with E-state index in [1.807, 2.05) is 17.6 Å². The predicted molar refractivity (Wildman–Crippen MR) is 132 cm³/mol. The minimum atomic E-state index is -1.26. The van der Waals surface area contributed by atoms with E-state index < -0.39 is 5.67 Å². The molecule has 2 aromatic rings. The first kappa shape index (κ1) is 22.7. The van der Waals surface area contributed by atoms with Gasteiger partial charge in [-0.15, -0.1) is 10.2 Å². The Morgan fingerprint density at radius 2 is 1.88 bits per heavy atom. The van der Waals surface area contributed by atoms with Crippen molar-refractivity contribution in [3.8, 4) is 5.75 Å². The molecule has 1 atom stereocenters. The zero-order valence-corrected chi connectivity index (χ0v) is 20.6. The Morgan fingerprint density at radius 3 is 2.65 bits per heavy atom. The summed E-state index contributed by atoms with van der Waals surface area (Å²) in [6.45, 7) is 5.67. The molecule has 1 spiro atoms. The lowest BCUT2D eigenvalue weighted by atomic mass is 9.78. The molecule has 6 rings (SSSR count). The summed E-state index contributed by atoms with van der Waals surface area (Å²) in [6, 6.07) is 9.01. The Morgan fingerprint density at radius 1 is 1.09 bits per heavy atom. The van der Waals surface area contributed by atoms with Crippen LogP contribution in [0.1, 0.15) is 56.4 Å². The number of ether oxygens (including phenoxy) is 2. The van der Waals surface area contributed by atoms with Gasteiger partial charge in [-0.2, -0.15) is 0 Å². The molecule has 1 aromatic heterocycles. The van der Waals surface area contributed by atoms with Crippen molar-refractivity contribution in [2.24, 2.45) is 5.41 Å². The van der Waals surface area contributed by atoms with Crippen LogP contribution in [-0.2, 0) is 4.74 Å². The van der Waals surface area contributed by atoms with E-state index in [4.69, 9.17) is 9.47 Å². The van der Waals surface area contributed by atoms with E-state index in [-0.39, 0.29) is 6.61 Å². The van der Waals surface area contributed by atoms with E-state index in [0.29, 0.717) is 43.4 Å². The first-order valence-electron chi connectivity index (χ1n) is 12.9. The van der Waals surface area contributed by atoms with Gasteiger partial charge in [0.15, 0.2) is 0 Å². The lowest BCUT2D eigenvalue weighted by molar-refractivity contribution is -0.0326. The highest BCUT2D eigenvalue weighted by atomic mass is 32.1. The molecule has 1 aliphatic carbocycles. The maximum absolute atomic E-state index is 15.0. The third-order valence-electron chi connectivity index (χ3n) is 8.63. The summed E-state index contributed by atoms with van der Waals surface area (Å²) < 4.78 is 26.5. The fourth-order valence-corrected chi connectivity index (χ4v) is 7.15. The molecule has 1 saturated carbocycles. The Hall–Kier alpha value is -1.77. The van der Waals surface area contributed by atoms with Gasteiger partial charge in [0.25, 0.3) is 0 Å². The Balaban J connectivity index is 1.02. The van der Waals surface area contributed by atoms with Crippen LogP contribution in [0.2, 0.25) is 0 Å². The molecule has 3 saturated heterocycles. The van der Waals surface area contributed by atoms with Crippen molar-refractivity contribution < 1.29 is 13.9 Å². The average molecular weight is 487 g/mol. The molecular weight excluding hydrogens is 451 g/mol. The quantitative estimate of drug-likeness (QED) is 0.591. The van der Waals surface area contributed by atoms with Gasteiger partial charge in [-0.05, 0) is 62.7 Å². The van der Waals surface area contributed by atoms with Gasteiger partial charge in [0.1, 0.15) is 23.5 Å². The number of hydrogen-bond donors (Lipinski definition) is 0. The fourth-order valence-electron chi connectivity index (χ4n) is 6.59. The molecule has 1 aromatic carbocycles. The number of benzene rings is 1. The molecule has 0 unspecified atom stereocenters. The van der Waals surface area contributed by atoms with Crippen molar-refractivity contribution in [1.29, 1.82) is 0 Å². The Bertz CT molecular complexity index is 953. The van der Waals surface area contributed by atoms with Gasteiger partial charge in [0.05, 0.1) is 0 Å². The van der Waals surface area contributed by atoms with Gasteiger partial charge in [-0.25, -0.2) is 4.39 Å². The van der Waals surface area contributed by atoms with Gasteiger partial charge < -0.3 is 19.3 Å². The van der Waals surface area contributed by atoms with Crippen molar-refractivity contribution >= 4 is 16.5 Å². The first-order chi connectivity index (χ1) is 16.6. The van der Waals surface area contributed by atoms with Crippen molar-refractivity contribution in [1.82, 2.24) is 15.1 Å². The topological polar surface area (TPSA) is 50.7 Å². The number of alkyl halides is 1. The second-order valence-electron chi connectivity index (χ2n) is 10.9. The molecular formula is C26H35FN4O2S. The lowest BCUT2D eigenvalue weighted by Crippen LogP contribution is -2.56. The highest BCUT2D eigenvalue weighted by Gasteiger charge is 2.50. The molecule has 4 fully saturated rings. The van der Waals surface area contributed by atoms with E-state index in [1.54, 1.807) is 11.3 Å². The van der Waals surface area contributed by atoms with Crippen LogP contribution in [0.15, 0.2) is 29.8 Å². The van der Waals surface area contributed by atoms with Crippen LogP contribution in [0.3, 0.4) is 0 Å². The van der Waals surface area contributed by atoms with Crippen LogP contribution in [0.4, 0.5) is 9.52 Å². The van der Waals surface area contributed by atoms with Crippen LogP contribution in [-0.4, -0.2) is 72.8 Å². The van der Waals surface area contributed by atoms with E-state index in [1.165, 1.54) is 24.8 Å². The minimum Gasteiger partial charge on any atom is -0.490 e. The average Bonchev–Trinajstić information content (AvgIpc) is 3.53. The minimum absolute atomic E-state index is 0.129. The highest BCUT2D eigenvalue weighted by molar-refractivity contribution is 7.13. The normalized spacial score (nSPS) is 27.1. The summed E-state index contributed by atoms with van der Waals surface area (Å²) in [5.41, 5.74) is 2.30. The number of rotatable bonds is 6. The van der Waals surface area contributed by atoms with Crippen molar-refractivity contribution in [2.45, 2.75) is 62.6 Å². The molecule has 34 heavy (non-hydrogen) atoms. The molecule has 8 heteroatoms. The summed E-state index contributed by atoms with van der Waals surface area (Å²) in [4.78, 5) is 5.13. The highest BCUT2D eigenvalue weighted by Crippen LogP contribution is 2.49. The number of piperidine rings is 1. The van der Waals surface area contributed by atoms with E-state index in [9.17, 15) is 0 Å².